The summed E-state index contributed by atoms with van der Waals surface area (Å²) in [6.07, 6.45) is 0. The zero-order chi connectivity index (χ0) is 13.2. The molecule has 0 radical (unpaired) electrons. The number of benzene rings is 2. The third kappa shape index (κ3) is 2.18. The molecule has 0 aliphatic carbocycles. The molecule has 0 aliphatic rings. The van der Waals surface area contributed by atoms with Crippen molar-refractivity contribution in [2.24, 2.45) is 0 Å². The molecular weight excluding hydrogens is 252 g/mol. The Labute approximate surface area is 115 Å². The van der Waals surface area contributed by atoms with Gasteiger partial charge in [0.2, 0.25) is 4.88 Å². The van der Waals surface area contributed by atoms with Gasteiger partial charge in [-0.05, 0) is 31.2 Å². The van der Waals surface area contributed by atoms with Gasteiger partial charge in [-0.3, -0.25) is 0 Å². The van der Waals surface area contributed by atoms with Crippen LogP contribution in [0.2, 0.25) is 0 Å². The highest BCUT2D eigenvalue weighted by molar-refractivity contribution is 7.37. The van der Waals surface area contributed by atoms with Crippen molar-refractivity contribution in [1.29, 1.82) is 0 Å². The molecule has 2 aromatic carbocycles. The molecule has 0 spiro atoms. The number of rotatable bonds is 2. The van der Waals surface area contributed by atoms with Gasteiger partial charge < -0.3 is 0 Å². The van der Waals surface area contributed by atoms with Gasteiger partial charge in [-0.25, -0.2) is 0 Å². The maximum atomic E-state index is 6.42. The van der Waals surface area contributed by atoms with E-state index in [4.69, 9.17) is 5.14 Å². The highest BCUT2D eigenvalue weighted by Gasteiger charge is 2.26. The third-order valence-corrected chi connectivity index (χ3v) is 4.80. The summed E-state index contributed by atoms with van der Waals surface area (Å²) in [5, 5.41) is 7.40. The van der Waals surface area contributed by atoms with Crippen LogP contribution in [0.3, 0.4) is 0 Å². The van der Waals surface area contributed by atoms with E-state index >= 15 is 0 Å². The topological polar surface area (TPSA) is 38.9 Å². The molecule has 1 atom stereocenters. The van der Waals surface area contributed by atoms with Gasteiger partial charge in [-0.15, -0.1) is 5.14 Å². The second kappa shape index (κ2) is 4.96. The van der Waals surface area contributed by atoms with Crippen molar-refractivity contribution in [2.75, 3.05) is 5.14 Å². The number of nitrogen functional groups attached to an aromatic ring is 1. The summed E-state index contributed by atoms with van der Waals surface area (Å²) in [7, 11) is -0.451. The van der Waals surface area contributed by atoms with E-state index in [0.717, 1.165) is 21.1 Å². The second-order valence-corrected chi connectivity index (χ2v) is 5.87. The minimum absolute atomic E-state index is 0.451. The summed E-state index contributed by atoms with van der Waals surface area (Å²) < 4.78 is 0. The zero-order valence-corrected chi connectivity index (χ0v) is 11.5. The Morgan fingerprint density at radius 1 is 0.842 bits per heavy atom. The first-order valence-corrected chi connectivity index (χ1v) is 7.45. The standard InChI is InChI=1S/C16H15N2S/c1-12-15(13-8-4-2-5-9-13)19(17)16(18-12)14-10-6-3-7-11-14/h2-11H,17H2,1H3/q+1. The summed E-state index contributed by atoms with van der Waals surface area (Å²) in [4.78, 5) is 5.83. The van der Waals surface area contributed by atoms with E-state index in [9.17, 15) is 0 Å². The first-order chi connectivity index (χ1) is 9.27. The Morgan fingerprint density at radius 3 is 1.95 bits per heavy atom. The van der Waals surface area contributed by atoms with Crippen LogP contribution in [0.15, 0.2) is 60.7 Å². The average molecular weight is 267 g/mol. The molecule has 3 aromatic rings. The number of hydrogen-bond acceptors (Lipinski definition) is 2. The molecular formula is C16H15N2S+. The van der Waals surface area contributed by atoms with E-state index in [1.54, 1.807) is 0 Å². The Kier molecular flexibility index (Phi) is 3.15. The van der Waals surface area contributed by atoms with Gasteiger partial charge in [0.15, 0.2) is 0 Å². The minimum atomic E-state index is -0.451. The largest absolute Gasteiger partial charge is 0.295 e. The van der Waals surface area contributed by atoms with Crippen LogP contribution in [0.1, 0.15) is 5.69 Å². The normalized spacial score (nSPS) is 11.6. The third-order valence-electron chi connectivity index (χ3n) is 3.08. The van der Waals surface area contributed by atoms with Gasteiger partial charge >= 0.3 is 0 Å². The van der Waals surface area contributed by atoms with Crippen LogP contribution in [0, 0.1) is 6.92 Å². The summed E-state index contributed by atoms with van der Waals surface area (Å²) >= 11 is 0. The van der Waals surface area contributed by atoms with E-state index in [1.807, 2.05) is 43.3 Å². The summed E-state index contributed by atoms with van der Waals surface area (Å²) in [6.45, 7) is 2.03. The lowest BCUT2D eigenvalue weighted by molar-refractivity contribution is 1.27. The monoisotopic (exact) mass is 267 g/mol. The molecule has 3 heteroatoms. The molecule has 3 rings (SSSR count). The van der Waals surface area contributed by atoms with Gasteiger partial charge in [0.05, 0.1) is 5.56 Å². The number of nitrogens with zero attached hydrogens (tertiary/aromatic N) is 1. The van der Waals surface area contributed by atoms with E-state index < -0.39 is 10.7 Å². The Morgan fingerprint density at radius 2 is 1.37 bits per heavy atom. The van der Waals surface area contributed by atoms with E-state index in [1.165, 1.54) is 5.56 Å². The van der Waals surface area contributed by atoms with Crippen LogP contribution in [-0.2, 0) is 0 Å². The van der Waals surface area contributed by atoms with Crippen LogP contribution in [0.4, 0.5) is 0 Å². The van der Waals surface area contributed by atoms with Gasteiger partial charge in [0, 0.05) is 5.56 Å². The van der Waals surface area contributed by atoms with Crippen LogP contribution < -0.4 is 5.14 Å². The molecule has 1 aromatic heterocycles. The van der Waals surface area contributed by atoms with E-state index in [0.29, 0.717) is 0 Å². The second-order valence-electron chi connectivity index (χ2n) is 4.40. The number of aryl methyl sites for hydroxylation is 1. The number of nitrogens with two attached hydrogens (primary N) is 1. The van der Waals surface area contributed by atoms with Crippen LogP contribution >= 0.6 is 10.7 Å². The minimum Gasteiger partial charge on any atom is -0.195 e. The average Bonchev–Trinajstić information content (AvgIpc) is 2.76. The van der Waals surface area contributed by atoms with Crippen molar-refractivity contribution in [3.63, 3.8) is 0 Å². The maximum absolute atomic E-state index is 6.42. The smallest absolute Gasteiger partial charge is 0.195 e. The van der Waals surface area contributed by atoms with Crippen LogP contribution in [-0.4, -0.2) is 4.98 Å². The van der Waals surface area contributed by atoms with Gasteiger partial charge in [-0.1, -0.05) is 36.4 Å². The molecule has 0 saturated heterocycles. The highest BCUT2D eigenvalue weighted by Crippen LogP contribution is 2.40. The molecule has 0 bridgehead atoms. The molecule has 0 aliphatic heterocycles. The summed E-state index contributed by atoms with van der Waals surface area (Å²) in [6, 6.07) is 20.4. The molecule has 0 fully saturated rings. The lowest BCUT2D eigenvalue weighted by Gasteiger charge is -1.94. The fraction of sp³-hybridized carbons (Fsp3) is 0.0625. The molecule has 1 unspecified atom stereocenters. The molecule has 2 nitrogen and oxygen atoms in total. The zero-order valence-electron chi connectivity index (χ0n) is 10.7. The molecule has 1 heterocycles. The quantitative estimate of drug-likeness (QED) is 0.707. The molecule has 0 saturated carbocycles. The fourth-order valence-electron chi connectivity index (χ4n) is 2.21. The van der Waals surface area contributed by atoms with Crippen molar-refractivity contribution in [1.82, 2.24) is 4.98 Å². The van der Waals surface area contributed by atoms with Crippen molar-refractivity contribution < 1.29 is 0 Å². The van der Waals surface area contributed by atoms with Crippen molar-refractivity contribution in [3.8, 4) is 21.0 Å². The number of hydrogen-bond donors (Lipinski definition) is 1. The van der Waals surface area contributed by atoms with Gasteiger partial charge in [-0.2, -0.15) is 4.98 Å². The van der Waals surface area contributed by atoms with Crippen LogP contribution in [0.25, 0.3) is 21.0 Å². The molecule has 94 valence electrons. The SMILES string of the molecule is Cc1nc(-c2ccccc2)[s+](N)c1-c1ccccc1. The van der Waals surface area contributed by atoms with E-state index in [-0.39, 0.29) is 0 Å². The lowest BCUT2D eigenvalue weighted by atomic mass is 10.2. The molecule has 2 N–H and O–H groups in total. The number of thiazole rings is 1. The first kappa shape index (κ1) is 12.1. The van der Waals surface area contributed by atoms with E-state index in [2.05, 4.69) is 29.2 Å². The van der Waals surface area contributed by atoms with Crippen molar-refractivity contribution >= 4 is 10.7 Å². The van der Waals surface area contributed by atoms with Gasteiger partial charge in [0.25, 0.3) is 5.01 Å². The predicted molar refractivity (Wildman–Crippen MR) is 82.5 cm³/mol. The molecule has 19 heavy (non-hydrogen) atoms. The Hall–Kier alpha value is -1.97. The Bertz CT molecular complexity index is 688. The van der Waals surface area contributed by atoms with Crippen LogP contribution in [0.5, 0.6) is 0 Å². The summed E-state index contributed by atoms with van der Waals surface area (Å²) in [5.74, 6) is 0. The molecule has 0 amide bonds. The fourth-order valence-corrected chi connectivity index (χ4v) is 3.78. The predicted octanol–water partition coefficient (Wildman–Crippen LogP) is 4.19. The van der Waals surface area contributed by atoms with Crippen molar-refractivity contribution in [3.05, 3.63) is 66.4 Å². The summed E-state index contributed by atoms with van der Waals surface area (Å²) in [5.41, 5.74) is 3.30. The highest BCUT2D eigenvalue weighted by atomic mass is 32.2. The number of aromatic nitrogens is 1. The lowest BCUT2D eigenvalue weighted by Crippen LogP contribution is -1.86. The van der Waals surface area contributed by atoms with Gasteiger partial charge in [0.1, 0.15) is 16.3 Å². The maximum Gasteiger partial charge on any atom is 0.295 e. The Balaban J connectivity index is 2.17. The van der Waals surface area contributed by atoms with Crippen molar-refractivity contribution in [2.45, 2.75) is 6.92 Å². The first-order valence-electron chi connectivity index (χ1n) is 6.16.